The van der Waals surface area contributed by atoms with Crippen LogP contribution in [0.1, 0.15) is 6.42 Å². The van der Waals surface area contributed by atoms with E-state index in [0.29, 0.717) is 4.48 Å². The third-order valence-corrected chi connectivity index (χ3v) is 1.92. The lowest BCUT2D eigenvalue weighted by Crippen LogP contribution is -2.14. The highest BCUT2D eigenvalue weighted by Gasteiger charge is 2.26. The van der Waals surface area contributed by atoms with Crippen molar-refractivity contribution < 1.29 is 19.4 Å². The molecule has 1 unspecified atom stereocenters. The summed E-state index contributed by atoms with van der Waals surface area (Å²) >= 11 is 3.03. The molecule has 1 N–H and O–H groups in total. The van der Waals surface area contributed by atoms with Crippen LogP contribution in [0.4, 0.5) is 0 Å². The van der Waals surface area contributed by atoms with Gasteiger partial charge < -0.3 is 9.84 Å². The van der Waals surface area contributed by atoms with Crippen LogP contribution in [-0.4, -0.2) is 23.1 Å². The number of esters is 1. The number of ether oxygens (including phenoxy) is 1. The molecule has 0 aromatic carbocycles. The zero-order chi connectivity index (χ0) is 8.43. The van der Waals surface area contributed by atoms with Gasteiger partial charge >= 0.3 is 11.9 Å². The number of aliphatic carboxylic acids is 1. The fourth-order valence-corrected chi connectivity index (χ4v) is 1.18. The smallest absolute Gasteiger partial charge is 0.332 e. The summed E-state index contributed by atoms with van der Waals surface area (Å²) in [6, 6.07) is 0. The first-order valence-corrected chi connectivity index (χ1v) is 3.68. The van der Waals surface area contributed by atoms with Crippen LogP contribution in [0.3, 0.4) is 0 Å². The average molecular weight is 221 g/mol. The van der Waals surface area contributed by atoms with Crippen LogP contribution in [0, 0.1) is 0 Å². The molecule has 0 radical (unpaired) electrons. The summed E-state index contributed by atoms with van der Waals surface area (Å²) in [5.74, 6) is -1.49. The average Bonchev–Trinajstić information content (AvgIpc) is 2.09. The minimum absolute atomic E-state index is 0.192. The molecular weight excluding hydrogens is 216 g/mol. The van der Waals surface area contributed by atoms with Crippen LogP contribution in [0.2, 0.25) is 0 Å². The molecule has 1 atom stereocenters. The van der Waals surface area contributed by atoms with Crippen molar-refractivity contribution in [3.8, 4) is 0 Å². The van der Waals surface area contributed by atoms with Crippen molar-refractivity contribution in [1.29, 1.82) is 0 Å². The molecule has 4 nitrogen and oxygen atoms in total. The predicted molar refractivity (Wildman–Crippen MR) is 39.1 cm³/mol. The number of rotatable bonds is 2. The minimum Gasteiger partial charge on any atom is -0.481 e. The summed E-state index contributed by atoms with van der Waals surface area (Å²) in [6.07, 6.45) is 0.399. The molecule has 0 aliphatic carbocycles. The standard InChI is InChI=1S/C6H5BrO4/c7-3-1-6(10)11-4(3)2-5(8)9/h1,4H,2H2,(H,8,9). The third-order valence-electron chi connectivity index (χ3n) is 1.18. The van der Waals surface area contributed by atoms with E-state index in [2.05, 4.69) is 20.7 Å². The number of hydrogen-bond donors (Lipinski definition) is 1. The Morgan fingerprint density at radius 1 is 1.82 bits per heavy atom. The number of hydrogen-bond acceptors (Lipinski definition) is 3. The molecular formula is C6H5BrO4. The molecule has 1 aliphatic heterocycles. The number of cyclic esters (lactones) is 1. The number of carbonyl (C=O) groups excluding carboxylic acids is 1. The SMILES string of the molecule is O=C(O)CC1OC(=O)C=C1Br. The maximum Gasteiger partial charge on any atom is 0.332 e. The molecule has 0 saturated carbocycles. The fraction of sp³-hybridized carbons (Fsp3) is 0.333. The number of carboxylic acid groups (broad SMARTS) is 1. The van der Waals surface area contributed by atoms with Crippen molar-refractivity contribution >= 4 is 27.9 Å². The van der Waals surface area contributed by atoms with Gasteiger partial charge in [0, 0.05) is 10.6 Å². The zero-order valence-electron chi connectivity index (χ0n) is 5.41. The molecule has 0 fully saturated rings. The maximum absolute atomic E-state index is 10.5. The Labute approximate surface area is 71.0 Å². The largest absolute Gasteiger partial charge is 0.481 e. The summed E-state index contributed by atoms with van der Waals surface area (Å²) in [4.78, 5) is 20.7. The van der Waals surface area contributed by atoms with E-state index >= 15 is 0 Å². The van der Waals surface area contributed by atoms with E-state index in [1.165, 1.54) is 6.08 Å². The van der Waals surface area contributed by atoms with Gasteiger partial charge in [-0.1, -0.05) is 15.9 Å². The lowest BCUT2D eigenvalue weighted by molar-refractivity contribution is -0.144. The van der Waals surface area contributed by atoms with Crippen molar-refractivity contribution in [1.82, 2.24) is 0 Å². The van der Waals surface area contributed by atoms with Crippen LogP contribution >= 0.6 is 15.9 Å². The minimum atomic E-state index is -0.991. The lowest BCUT2D eigenvalue weighted by atomic mass is 10.2. The van der Waals surface area contributed by atoms with Gasteiger partial charge in [-0.2, -0.15) is 0 Å². The highest BCUT2D eigenvalue weighted by atomic mass is 79.9. The second-order valence-corrected chi connectivity index (χ2v) is 2.97. The molecule has 1 heterocycles. The van der Waals surface area contributed by atoms with Gasteiger partial charge in [0.15, 0.2) is 0 Å². The van der Waals surface area contributed by atoms with Crippen LogP contribution < -0.4 is 0 Å². The Morgan fingerprint density at radius 2 is 2.45 bits per heavy atom. The molecule has 1 aliphatic rings. The lowest BCUT2D eigenvalue weighted by Gasteiger charge is -2.05. The van der Waals surface area contributed by atoms with E-state index in [4.69, 9.17) is 5.11 Å². The summed E-state index contributed by atoms with van der Waals surface area (Å²) < 4.78 is 5.12. The summed E-state index contributed by atoms with van der Waals surface area (Å²) in [6.45, 7) is 0. The van der Waals surface area contributed by atoms with Crippen molar-refractivity contribution in [2.45, 2.75) is 12.5 Å². The van der Waals surface area contributed by atoms with Crippen molar-refractivity contribution in [3.05, 3.63) is 10.6 Å². The topological polar surface area (TPSA) is 63.6 Å². The monoisotopic (exact) mass is 220 g/mol. The quantitative estimate of drug-likeness (QED) is 0.696. The Balaban J connectivity index is 2.57. The molecule has 0 saturated heterocycles. The van der Waals surface area contributed by atoms with Crippen molar-refractivity contribution in [3.63, 3.8) is 0 Å². The predicted octanol–water partition coefficient (Wildman–Crippen LogP) is 0.665. The van der Waals surface area contributed by atoms with Gasteiger partial charge in [-0.3, -0.25) is 4.79 Å². The maximum atomic E-state index is 10.5. The first kappa shape index (κ1) is 8.26. The molecule has 0 bridgehead atoms. The van der Waals surface area contributed by atoms with E-state index in [9.17, 15) is 9.59 Å². The van der Waals surface area contributed by atoms with E-state index in [1.807, 2.05) is 0 Å². The third kappa shape index (κ3) is 2.04. The van der Waals surface area contributed by atoms with Crippen LogP contribution in [-0.2, 0) is 14.3 Å². The molecule has 1 rings (SSSR count). The summed E-state index contributed by atoms with van der Waals surface area (Å²) in [5, 5.41) is 8.34. The van der Waals surface area contributed by atoms with Crippen LogP contribution in [0.25, 0.3) is 0 Å². The Bertz CT molecular complexity index is 233. The summed E-state index contributed by atoms with van der Waals surface area (Å²) in [7, 11) is 0. The van der Waals surface area contributed by atoms with Crippen LogP contribution in [0.5, 0.6) is 0 Å². The number of carboxylic acids is 1. The highest BCUT2D eigenvalue weighted by molar-refractivity contribution is 9.11. The molecule has 0 spiro atoms. The zero-order valence-corrected chi connectivity index (χ0v) is 7.00. The van der Waals surface area contributed by atoms with Crippen LogP contribution in [0.15, 0.2) is 10.6 Å². The first-order valence-electron chi connectivity index (χ1n) is 2.89. The molecule has 60 valence electrons. The molecule has 0 amide bonds. The fourth-order valence-electron chi connectivity index (χ4n) is 0.734. The second-order valence-electron chi connectivity index (χ2n) is 2.05. The first-order chi connectivity index (χ1) is 5.09. The molecule has 5 heteroatoms. The van der Waals surface area contributed by atoms with E-state index in [0.717, 1.165) is 0 Å². The Morgan fingerprint density at radius 3 is 2.82 bits per heavy atom. The highest BCUT2D eigenvalue weighted by Crippen LogP contribution is 2.23. The molecule has 0 aromatic heterocycles. The van der Waals surface area contributed by atoms with Gasteiger partial charge in [-0.05, 0) is 0 Å². The summed E-state index contributed by atoms with van der Waals surface area (Å²) in [5.41, 5.74) is 0. The number of carbonyl (C=O) groups is 2. The van der Waals surface area contributed by atoms with E-state index < -0.39 is 18.0 Å². The van der Waals surface area contributed by atoms with Crippen molar-refractivity contribution in [2.24, 2.45) is 0 Å². The Kier molecular flexibility index (Phi) is 2.28. The molecule has 0 aromatic rings. The van der Waals surface area contributed by atoms with Gasteiger partial charge in [0.1, 0.15) is 6.10 Å². The Hall–Kier alpha value is -0.840. The van der Waals surface area contributed by atoms with Gasteiger partial charge in [0.05, 0.1) is 6.42 Å². The van der Waals surface area contributed by atoms with Gasteiger partial charge in [0.25, 0.3) is 0 Å². The van der Waals surface area contributed by atoms with E-state index in [-0.39, 0.29) is 6.42 Å². The normalized spacial score (nSPS) is 22.8. The van der Waals surface area contributed by atoms with Gasteiger partial charge in [-0.25, -0.2) is 4.79 Å². The van der Waals surface area contributed by atoms with Gasteiger partial charge in [0.2, 0.25) is 0 Å². The second kappa shape index (κ2) is 3.04. The molecule has 11 heavy (non-hydrogen) atoms. The van der Waals surface area contributed by atoms with Crippen molar-refractivity contribution in [2.75, 3.05) is 0 Å². The number of halogens is 1. The van der Waals surface area contributed by atoms with Gasteiger partial charge in [-0.15, -0.1) is 0 Å². The van der Waals surface area contributed by atoms with E-state index in [1.54, 1.807) is 0 Å².